The standard InChI is InChI=1S/C15H14O/c16-15-10-4-9-14(15)13-8-3-6-11-5-1-2-7-12(11)13/h1-3,5-8,14H,4,9-10H2/t14-/m0/s1. The molecule has 80 valence electrons. The van der Waals surface area contributed by atoms with Gasteiger partial charge in [-0.2, -0.15) is 0 Å². The van der Waals surface area contributed by atoms with Gasteiger partial charge in [-0.25, -0.2) is 0 Å². The molecule has 0 heterocycles. The Labute approximate surface area is 95.1 Å². The highest BCUT2D eigenvalue weighted by Gasteiger charge is 2.26. The van der Waals surface area contributed by atoms with Gasteiger partial charge in [0.05, 0.1) is 0 Å². The van der Waals surface area contributed by atoms with Crippen molar-refractivity contribution in [2.24, 2.45) is 0 Å². The van der Waals surface area contributed by atoms with Crippen molar-refractivity contribution in [2.45, 2.75) is 25.2 Å². The lowest BCUT2D eigenvalue weighted by Crippen LogP contribution is -2.04. The molecule has 0 spiro atoms. The highest BCUT2D eigenvalue weighted by Crippen LogP contribution is 2.35. The minimum Gasteiger partial charge on any atom is -0.299 e. The monoisotopic (exact) mass is 210 g/mol. The Hall–Kier alpha value is -1.63. The van der Waals surface area contributed by atoms with Crippen LogP contribution in [-0.2, 0) is 4.79 Å². The molecule has 2 aromatic rings. The van der Waals surface area contributed by atoms with Crippen LogP contribution in [0.4, 0.5) is 0 Å². The molecule has 1 saturated carbocycles. The molecule has 3 rings (SSSR count). The second-order valence-corrected chi connectivity index (χ2v) is 4.48. The van der Waals surface area contributed by atoms with Crippen LogP contribution in [0.3, 0.4) is 0 Å². The molecule has 1 aliphatic carbocycles. The molecular weight excluding hydrogens is 196 g/mol. The van der Waals surface area contributed by atoms with E-state index in [1.165, 1.54) is 16.3 Å². The summed E-state index contributed by atoms with van der Waals surface area (Å²) in [6.45, 7) is 0. The Bertz CT molecular complexity index is 537. The zero-order valence-corrected chi connectivity index (χ0v) is 9.15. The molecule has 0 amide bonds. The Morgan fingerprint density at radius 2 is 1.81 bits per heavy atom. The van der Waals surface area contributed by atoms with Crippen molar-refractivity contribution in [2.75, 3.05) is 0 Å². The van der Waals surface area contributed by atoms with Crippen LogP contribution in [0, 0.1) is 0 Å². The first-order valence-corrected chi connectivity index (χ1v) is 5.86. The topological polar surface area (TPSA) is 17.1 Å². The number of rotatable bonds is 1. The van der Waals surface area contributed by atoms with Crippen LogP contribution >= 0.6 is 0 Å². The fraction of sp³-hybridized carbons (Fsp3) is 0.267. The van der Waals surface area contributed by atoms with E-state index < -0.39 is 0 Å². The summed E-state index contributed by atoms with van der Waals surface area (Å²) in [5, 5.41) is 2.48. The van der Waals surface area contributed by atoms with E-state index in [4.69, 9.17) is 0 Å². The predicted molar refractivity (Wildman–Crippen MR) is 65.5 cm³/mol. The normalized spacial score (nSPS) is 20.5. The lowest BCUT2D eigenvalue weighted by molar-refractivity contribution is -0.118. The van der Waals surface area contributed by atoms with Gasteiger partial charge in [0.1, 0.15) is 5.78 Å². The molecule has 0 N–H and O–H groups in total. The summed E-state index contributed by atoms with van der Waals surface area (Å²) in [4.78, 5) is 11.8. The first-order valence-electron chi connectivity index (χ1n) is 5.86. The maximum absolute atomic E-state index is 11.8. The van der Waals surface area contributed by atoms with E-state index in [1.807, 2.05) is 12.1 Å². The molecule has 0 aromatic heterocycles. The minimum atomic E-state index is 0.145. The SMILES string of the molecule is O=C1CCC[C@H]1c1cccc2ccccc12. The number of benzene rings is 2. The molecule has 0 aliphatic heterocycles. The Morgan fingerprint density at radius 3 is 2.62 bits per heavy atom. The number of Topliss-reactive ketones (excluding diaryl/α,β-unsaturated/α-hetero) is 1. The van der Waals surface area contributed by atoms with E-state index in [0.717, 1.165) is 19.3 Å². The lowest BCUT2D eigenvalue weighted by atomic mass is 9.92. The van der Waals surface area contributed by atoms with Gasteiger partial charge in [0, 0.05) is 12.3 Å². The fourth-order valence-corrected chi connectivity index (χ4v) is 2.70. The summed E-state index contributed by atoms with van der Waals surface area (Å²) in [6, 6.07) is 14.6. The van der Waals surface area contributed by atoms with Gasteiger partial charge in [-0.1, -0.05) is 42.5 Å². The molecule has 1 heteroatoms. The van der Waals surface area contributed by atoms with E-state index in [-0.39, 0.29) is 5.92 Å². The van der Waals surface area contributed by atoms with Crippen LogP contribution in [0.15, 0.2) is 42.5 Å². The van der Waals surface area contributed by atoms with Gasteiger partial charge in [0.2, 0.25) is 0 Å². The van der Waals surface area contributed by atoms with E-state index in [2.05, 4.69) is 30.3 Å². The summed E-state index contributed by atoms with van der Waals surface area (Å²) < 4.78 is 0. The van der Waals surface area contributed by atoms with E-state index >= 15 is 0 Å². The predicted octanol–water partition coefficient (Wildman–Crippen LogP) is 3.68. The molecule has 0 radical (unpaired) electrons. The molecule has 0 unspecified atom stereocenters. The molecule has 0 saturated heterocycles. The lowest BCUT2D eigenvalue weighted by Gasteiger charge is -2.11. The molecule has 0 bridgehead atoms. The molecule has 1 atom stereocenters. The maximum atomic E-state index is 11.8. The van der Waals surface area contributed by atoms with Crippen molar-refractivity contribution < 1.29 is 4.79 Å². The molecule has 2 aromatic carbocycles. The third kappa shape index (κ3) is 1.44. The zero-order chi connectivity index (χ0) is 11.0. The van der Waals surface area contributed by atoms with Gasteiger partial charge in [-0.3, -0.25) is 4.79 Å². The molecule has 16 heavy (non-hydrogen) atoms. The number of carbonyl (C=O) groups is 1. The van der Waals surface area contributed by atoms with Crippen LogP contribution in [0.1, 0.15) is 30.7 Å². The third-order valence-corrected chi connectivity index (χ3v) is 3.50. The van der Waals surface area contributed by atoms with Gasteiger partial charge >= 0.3 is 0 Å². The Morgan fingerprint density at radius 1 is 1.00 bits per heavy atom. The summed E-state index contributed by atoms with van der Waals surface area (Å²) in [7, 11) is 0. The average Bonchev–Trinajstić information content (AvgIpc) is 2.75. The third-order valence-electron chi connectivity index (χ3n) is 3.50. The van der Waals surface area contributed by atoms with Crippen LogP contribution in [0.2, 0.25) is 0 Å². The Kier molecular flexibility index (Phi) is 2.24. The van der Waals surface area contributed by atoms with Crippen LogP contribution in [0.25, 0.3) is 10.8 Å². The van der Waals surface area contributed by atoms with E-state index in [9.17, 15) is 4.79 Å². The molecular formula is C15H14O. The van der Waals surface area contributed by atoms with Crippen LogP contribution < -0.4 is 0 Å². The van der Waals surface area contributed by atoms with E-state index in [0.29, 0.717) is 5.78 Å². The van der Waals surface area contributed by atoms with Crippen molar-refractivity contribution in [3.05, 3.63) is 48.0 Å². The van der Waals surface area contributed by atoms with Gasteiger partial charge < -0.3 is 0 Å². The number of hydrogen-bond acceptors (Lipinski definition) is 1. The average molecular weight is 210 g/mol. The minimum absolute atomic E-state index is 0.145. The second kappa shape index (κ2) is 3.75. The van der Waals surface area contributed by atoms with Crippen molar-refractivity contribution in [1.82, 2.24) is 0 Å². The second-order valence-electron chi connectivity index (χ2n) is 4.48. The smallest absolute Gasteiger partial charge is 0.140 e. The summed E-state index contributed by atoms with van der Waals surface area (Å²) >= 11 is 0. The largest absolute Gasteiger partial charge is 0.299 e. The highest BCUT2D eigenvalue weighted by atomic mass is 16.1. The highest BCUT2D eigenvalue weighted by molar-refractivity contribution is 5.94. The molecule has 1 fully saturated rings. The first-order chi connectivity index (χ1) is 7.86. The van der Waals surface area contributed by atoms with Gasteiger partial charge in [-0.05, 0) is 29.2 Å². The molecule has 1 aliphatic rings. The number of hydrogen-bond donors (Lipinski definition) is 0. The quantitative estimate of drug-likeness (QED) is 0.701. The van der Waals surface area contributed by atoms with Crippen LogP contribution in [-0.4, -0.2) is 5.78 Å². The van der Waals surface area contributed by atoms with Crippen molar-refractivity contribution in [3.63, 3.8) is 0 Å². The summed E-state index contributed by atoms with van der Waals surface area (Å²) in [5.74, 6) is 0.558. The summed E-state index contributed by atoms with van der Waals surface area (Å²) in [6.07, 6.45) is 2.83. The van der Waals surface area contributed by atoms with Gasteiger partial charge in [-0.15, -0.1) is 0 Å². The van der Waals surface area contributed by atoms with Crippen LogP contribution in [0.5, 0.6) is 0 Å². The maximum Gasteiger partial charge on any atom is 0.140 e. The Balaban J connectivity index is 2.19. The van der Waals surface area contributed by atoms with Gasteiger partial charge in [0.15, 0.2) is 0 Å². The molecule has 1 nitrogen and oxygen atoms in total. The first kappa shape index (κ1) is 9.59. The zero-order valence-electron chi connectivity index (χ0n) is 9.15. The number of ketones is 1. The van der Waals surface area contributed by atoms with Crippen molar-refractivity contribution in [3.8, 4) is 0 Å². The fourth-order valence-electron chi connectivity index (χ4n) is 2.70. The van der Waals surface area contributed by atoms with E-state index in [1.54, 1.807) is 0 Å². The van der Waals surface area contributed by atoms with Gasteiger partial charge in [0.25, 0.3) is 0 Å². The number of fused-ring (bicyclic) bond motifs is 1. The van der Waals surface area contributed by atoms with Crippen molar-refractivity contribution >= 4 is 16.6 Å². The van der Waals surface area contributed by atoms with Crippen molar-refractivity contribution in [1.29, 1.82) is 0 Å². The summed E-state index contributed by atoms with van der Waals surface area (Å²) in [5.41, 5.74) is 1.22. The number of carbonyl (C=O) groups excluding carboxylic acids is 1.